The summed E-state index contributed by atoms with van der Waals surface area (Å²) in [6.45, 7) is 4.49. The fourth-order valence-corrected chi connectivity index (χ4v) is 2.17. The van der Waals surface area contributed by atoms with Gasteiger partial charge in [-0.15, -0.1) is 0 Å². The standard InChI is InChI=1S/C13H23NO4/c1-3-5-6-7-10(11(15)4-2)12(16)14-8-9-18-13(14)17/h10-11,15H,3-9H2,1-2H3. The molecule has 0 aromatic carbocycles. The molecular weight excluding hydrogens is 234 g/mol. The number of aliphatic hydroxyl groups excluding tert-OH is 1. The highest BCUT2D eigenvalue weighted by molar-refractivity contribution is 5.94. The minimum absolute atomic E-state index is 0.258. The number of aliphatic hydroxyl groups is 1. The lowest BCUT2D eigenvalue weighted by atomic mass is 9.92. The van der Waals surface area contributed by atoms with Crippen molar-refractivity contribution in [1.82, 2.24) is 4.90 Å². The smallest absolute Gasteiger partial charge is 0.416 e. The van der Waals surface area contributed by atoms with Crippen LogP contribution in [0.2, 0.25) is 0 Å². The van der Waals surface area contributed by atoms with Gasteiger partial charge in [0.05, 0.1) is 18.6 Å². The second-order valence-electron chi connectivity index (χ2n) is 4.68. The van der Waals surface area contributed by atoms with Crippen molar-refractivity contribution in [3.8, 4) is 0 Å². The Morgan fingerprint density at radius 2 is 2.17 bits per heavy atom. The number of carbonyl (C=O) groups is 2. The van der Waals surface area contributed by atoms with E-state index in [-0.39, 0.29) is 12.5 Å². The first kappa shape index (κ1) is 15.0. The normalized spacial score (nSPS) is 18.6. The lowest BCUT2D eigenvalue weighted by Gasteiger charge is -2.24. The van der Waals surface area contributed by atoms with Crippen molar-refractivity contribution in [1.29, 1.82) is 0 Å². The molecule has 1 fully saturated rings. The number of imide groups is 1. The van der Waals surface area contributed by atoms with Gasteiger partial charge in [0.2, 0.25) is 5.91 Å². The summed E-state index contributed by atoms with van der Waals surface area (Å²) in [5.74, 6) is -0.768. The third-order valence-corrected chi connectivity index (χ3v) is 3.35. The van der Waals surface area contributed by atoms with E-state index >= 15 is 0 Å². The van der Waals surface area contributed by atoms with E-state index in [4.69, 9.17) is 4.74 Å². The summed E-state index contributed by atoms with van der Waals surface area (Å²) in [4.78, 5) is 24.7. The second kappa shape index (κ2) is 7.36. The van der Waals surface area contributed by atoms with Crippen LogP contribution in [0.1, 0.15) is 46.0 Å². The van der Waals surface area contributed by atoms with Gasteiger partial charge in [0.1, 0.15) is 6.61 Å². The van der Waals surface area contributed by atoms with Gasteiger partial charge in [-0.1, -0.05) is 33.1 Å². The topological polar surface area (TPSA) is 66.8 Å². The number of cyclic esters (lactones) is 1. The van der Waals surface area contributed by atoms with E-state index in [1.807, 2.05) is 6.92 Å². The summed E-state index contributed by atoms with van der Waals surface area (Å²) in [7, 11) is 0. The van der Waals surface area contributed by atoms with Crippen molar-refractivity contribution in [3.63, 3.8) is 0 Å². The molecule has 2 unspecified atom stereocenters. The summed E-state index contributed by atoms with van der Waals surface area (Å²) >= 11 is 0. The zero-order valence-corrected chi connectivity index (χ0v) is 11.2. The summed E-state index contributed by atoms with van der Waals surface area (Å²) in [5.41, 5.74) is 0. The lowest BCUT2D eigenvalue weighted by Crippen LogP contribution is -2.41. The molecule has 1 heterocycles. The highest BCUT2D eigenvalue weighted by atomic mass is 16.6. The summed E-state index contributed by atoms with van der Waals surface area (Å²) in [5, 5.41) is 9.93. The predicted molar refractivity (Wildman–Crippen MR) is 67.0 cm³/mol. The average Bonchev–Trinajstić information content (AvgIpc) is 2.79. The minimum atomic E-state index is -0.678. The third-order valence-electron chi connectivity index (χ3n) is 3.35. The summed E-state index contributed by atoms with van der Waals surface area (Å²) < 4.78 is 4.76. The molecule has 18 heavy (non-hydrogen) atoms. The Balaban J connectivity index is 2.62. The third kappa shape index (κ3) is 3.70. The minimum Gasteiger partial charge on any atom is -0.447 e. The number of nitrogens with zero attached hydrogens (tertiary/aromatic N) is 1. The molecule has 0 aromatic rings. The van der Waals surface area contributed by atoms with Gasteiger partial charge in [-0.2, -0.15) is 0 Å². The van der Waals surface area contributed by atoms with Crippen LogP contribution < -0.4 is 0 Å². The van der Waals surface area contributed by atoms with E-state index in [1.165, 1.54) is 0 Å². The second-order valence-corrected chi connectivity index (χ2v) is 4.68. The molecule has 5 heteroatoms. The Kier molecular flexibility index (Phi) is 6.12. The van der Waals surface area contributed by atoms with Gasteiger partial charge in [-0.05, 0) is 12.8 Å². The van der Waals surface area contributed by atoms with Crippen LogP contribution in [0.3, 0.4) is 0 Å². The first-order valence-corrected chi connectivity index (χ1v) is 6.78. The Morgan fingerprint density at radius 1 is 1.44 bits per heavy atom. The zero-order chi connectivity index (χ0) is 13.5. The Labute approximate surface area is 108 Å². The van der Waals surface area contributed by atoms with Crippen LogP contribution in [0.25, 0.3) is 0 Å². The van der Waals surface area contributed by atoms with Crippen molar-refractivity contribution in [2.75, 3.05) is 13.2 Å². The lowest BCUT2D eigenvalue weighted by molar-refractivity contribution is -0.136. The molecule has 1 aliphatic heterocycles. The highest BCUT2D eigenvalue weighted by Crippen LogP contribution is 2.21. The van der Waals surface area contributed by atoms with Gasteiger partial charge in [-0.25, -0.2) is 9.69 Å². The van der Waals surface area contributed by atoms with Crippen LogP contribution in [0.4, 0.5) is 4.79 Å². The average molecular weight is 257 g/mol. The van der Waals surface area contributed by atoms with Gasteiger partial charge >= 0.3 is 6.09 Å². The van der Waals surface area contributed by atoms with Crippen LogP contribution in [0.15, 0.2) is 0 Å². The van der Waals surface area contributed by atoms with E-state index < -0.39 is 18.1 Å². The van der Waals surface area contributed by atoms with Crippen LogP contribution in [-0.4, -0.2) is 41.3 Å². The van der Waals surface area contributed by atoms with Crippen LogP contribution in [0, 0.1) is 5.92 Å². The van der Waals surface area contributed by atoms with Crippen LogP contribution in [-0.2, 0) is 9.53 Å². The molecule has 2 atom stereocenters. The summed E-state index contributed by atoms with van der Waals surface area (Å²) in [6, 6.07) is 0. The largest absolute Gasteiger partial charge is 0.447 e. The maximum absolute atomic E-state index is 12.2. The molecule has 0 aliphatic carbocycles. The van der Waals surface area contributed by atoms with Crippen LogP contribution >= 0.6 is 0 Å². The van der Waals surface area contributed by atoms with Gasteiger partial charge in [-0.3, -0.25) is 4.79 Å². The van der Waals surface area contributed by atoms with Gasteiger partial charge in [0.15, 0.2) is 0 Å². The van der Waals surface area contributed by atoms with Gasteiger partial charge in [0.25, 0.3) is 0 Å². The molecule has 0 saturated carbocycles. The predicted octanol–water partition coefficient (Wildman–Crippen LogP) is 1.93. The first-order valence-electron chi connectivity index (χ1n) is 6.78. The van der Waals surface area contributed by atoms with Crippen molar-refractivity contribution in [2.24, 2.45) is 5.92 Å². The molecule has 0 bridgehead atoms. The Hall–Kier alpha value is -1.10. The molecule has 1 saturated heterocycles. The van der Waals surface area contributed by atoms with Crippen molar-refractivity contribution in [2.45, 2.75) is 52.1 Å². The molecule has 2 amide bonds. The van der Waals surface area contributed by atoms with Crippen molar-refractivity contribution < 1.29 is 19.4 Å². The fraction of sp³-hybridized carbons (Fsp3) is 0.846. The number of ether oxygens (including phenoxy) is 1. The van der Waals surface area contributed by atoms with E-state index in [1.54, 1.807) is 0 Å². The molecule has 1 aliphatic rings. The van der Waals surface area contributed by atoms with E-state index in [9.17, 15) is 14.7 Å². The summed E-state index contributed by atoms with van der Waals surface area (Å²) in [6.07, 6.45) is 2.88. The van der Waals surface area contributed by atoms with Crippen LogP contribution in [0.5, 0.6) is 0 Å². The number of hydrogen-bond acceptors (Lipinski definition) is 4. The maximum atomic E-state index is 12.2. The Bertz CT molecular complexity index is 293. The van der Waals surface area contributed by atoms with Gasteiger partial charge < -0.3 is 9.84 Å². The monoisotopic (exact) mass is 257 g/mol. The molecule has 104 valence electrons. The van der Waals surface area contributed by atoms with Crippen molar-refractivity contribution >= 4 is 12.0 Å². The molecule has 0 spiro atoms. The molecule has 0 aromatic heterocycles. The maximum Gasteiger partial charge on any atom is 0.416 e. The molecule has 5 nitrogen and oxygen atoms in total. The fourth-order valence-electron chi connectivity index (χ4n) is 2.17. The molecule has 0 radical (unpaired) electrons. The molecule has 1 rings (SSSR count). The SMILES string of the molecule is CCCCCC(C(=O)N1CCOC1=O)C(O)CC. The number of amides is 2. The highest BCUT2D eigenvalue weighted by Gasteiger charge is 2.35. The quantitative estimate of drug-likeness (QED) is 0.708. The number of carbonyl (C=O) groups excluding carboxylic acids is 2. The van der Waals surface area contributed by atoms with E-state index in [2.05, 4.69) is 6.92 Å². The first-order chi connectivity index (χ1) is 8.61. The molecular formula is C13H23NO4. The van der Waals surface area contributed by atoms with E-state index in [0.29, 0.717) is 19.4 Å². The van der Waals surface area contributed by atoms with Gasteiger partial charge in [0, 0.05) is 0 Å². The number of unbranched alkanes of at least 4 members (excludes halogenated alkanes) is 2. The van der Waals surface area contributed by atoms with Crippen molar-refractivity contribution in [3.05, 3.63) is 0 Å². The Morgan fingerprint density at radius 3 is 2.67 bits per heavy atom. The molecule has 1 N–H and O–H groups in total. The van der Waals surface area contributed by atoms with E-state index in [0.717, 1.165) is 24.2 Å². The number of rotatable bonds is 7. The zero-order valence-electron chi connectivity index (χ0n) is 11.2. The number of hydrogen-bond donors (Lipinski definition) is 1.